The average molecular weight is 218 g/mol. The van der Waals surface area contributed by atoms with Crippen LogP contribution in [0.4, 0.5) is 0 Å². The van der Waals surface area contributed by atoms with Gasteiger partial charge in [0.05, 0.1) is 13.2 Å². The minimum atomic E-state index is -0.842. The van der Waals surface area contributed by atoms with Crippen LogP contribution in [0.3, 0.4) is 0 Å². The summed E-state index contributed by atoms with van der Waals surface area (Å²) in [6.45, 7) is 3.77. The Hall–Kier alpha value is -1.14. The van der Waals surface area contributed by atoms with Crippen molar-refractivity contribution >= 4 is 11.8 Å². The van der Waals surface area contributed by atoms with Crippen LogP contribution in [0.2, 0.25) is 0 Å². The summed E-state index contributed by atoms with van der Waals surface area (Å²) in [6, 6.07) is 0. The Morgan fingerprint density at radius 1 is 1.00 bits per heavy atom. The molecule has 0 aromatic carbocycles. The van der Waals surface area contributed by atoms with Gasteiger partial charge in [0.2, 0.25) is 11.8 Å². The zero-order chi connectivity index (χ0) is 11.9. The van der Waals surface area contributed by atoms with Crippen LogP contribution < -0.4 is 11.5 Å². The predicted molar refractivity (Wildman–Crippen MR) is 53.6 cm³/mol. The van der Waals surface area contributed by atoms with Gasteiger partial charge in [0.15, 0.2) is 5.79 Å². The summed E-state index contributed by atoms with van der Waals surface area (Å²) in [5, 5.41) is 0. The summed E-state index contributed by atoms with van der Waals surface area (Å²) in [7, 11) is 0. The largest absolute Gasteiger partial charge is 0.370 e. The Balaban J connectivity index is 3.66. The molecule has 0 spiro atoms. The van der Waals surface area contributed by atoms with E-state index in [2.05, 4.69) is 0 Å². The van der Waals surface area contributed by atoms with Crippen molar-refractivity contribution in [1.29, 1.82) is 0 Å². The van der Waals surface area contributed by atoms with Crippen molar-refractivity contribution in [3.8, 4) is 0 Å². The van der Waals surface area contributed by atoms with Crippen molar-refractivity contribution < 1.29 is 19.1 Å². The standard InChI is InChI=1S/C9H18N2O4/c1-9(2,14-5-3-7(10)12)15-6-4-8(11)13/h3-6H2,1-2H3,(H2,10,12)(H2,11,13). The second-order valence-corrected chi connectivity index (χ2v) is 3.53. The third-order valence-electron chi connectivity index (χ3n) is 1.60. The van der Waals surface area contributed by atoms with Crippen molar-refractivity contribution in [2.75, 3.05) is 13.2 Å². The van der Waals surface area contributed by atoms with E-state index in [9.17, 15) is 9.59 Å². The van der Waals surface area contributed by atoms with Crippen LogP contribution in [0.1, 0.15) is 26.7 Å². The number of carbonyl (C=O) groups is 2. The lowest BCUT2D eigenvalue weighted by molar-refractivity contribution is -0.213. The van der Waals surface area contributed by atoms with E-state index < -0.39 is 17.6 Å². The number of amides is 2. The Kier molecular flexibility index (Phi) is 5.88. The summed E-state index contributed by atoms with van der Waals surface area (Å²) in [6.07, 6.45) is 0.283. The highest BCUT2D eigenvalue weighted by Gasteiger charge is 2.18. The number of hydrogen-bond donors (Lipinski definition) is 2. The first-order valence-electron chi connectivity index (χ1n) is 4.68. The number of carbonyl (C=O) groups excluding carboxylic acids is 2. The van der Waals surface area contributed by atoms with Gasteiger partial charge in [0, 0.05) is 12.8 Å². The monoisotopic (exact) mass is 218 g/mol. The highest BCUT2D eigenvalue weighted by molar-refractivity contribution is 5.74. The van der Waals surface area contributed by atoms with Crippen molar-refractivity contribution in [2.45, 2.75) is 32.5 Å². The second kappa shape index (κ2) is 6.36. The van der Waals surface area contributed by atoms with E-state index in [4.69, 9.17) is 20.9 Å². The van der Waals surface area contributed by atoms with Crippen LogP contribution >= 0.6 is 0 Å². The lowest BCUT2D eigenvalue weighted by Crippen LogP contribution is -2.31. The van der Waals surface area contributed by atoms with Crippen LogP contribution in [0.5, 0.6) is 0 Å². The molecule has 6 nitrogen and oxygen atoms in total. The van der Waals surface area contributed by atoms with Gasteiger partial charge in [-0.25, -0.2) is 0 Å². The molecule has 6 heteroatoms. The van der Waals surface area contributed by atoms with Crippen molar-refractivity contribution in [3.63, 3.8) is 0 Å². The molecule has 88 valence electrons. The maximum atomic E-state index is 10.4. The molecular formula is C9H18N2O4. The molecule has 0 aliphatic rings. The maximum absolute atomic E-state index is 10.4. The molecule has 4 N–H and O–H groups in total. The lowest BCUT2D eigenvalue weighted by atomic mass is 10.3. The number of nitrogens with two attached hydrogens (primary N) is 2. The highest BCUT2D eigenvalue weighted by atomic mass is 16.7. The second-order valence-electron chi connectivity index (χ2n) is 3.53. The Bertz CT molecular complexity index is 206. The SMILES string of the molecule is CC(C)(OCCC(N)=O)OCCC(N)=O. The molecule has 0 aromatic heterocycles. The van der Waals surface area contributed by atoms with E-state index in [1.165, 1.54) is 0 Å². The van der Waals surface area contributed by atoms with Gasteiger partial charge in [-0.3, -0.25) is 9.59 Å². The molecule has 2 amide bonds. The summed E-state index contributed by atoms with van der Waals surface area (Å²) in [5.41, 5.74) is 9.88. The predicted octanol–water partition coefficient (Wildman–Crippen LogP) is -0.493. The summed E-state index contributed by atoms with van der Waals surface area (Å²) in [5.74, 6) is -1.70. The van der Waals surface area contributed by atoms with Crippen molar-refractivity contribution in [3.05, 3.63) is 0 Å². The highest BCUT2D eigenvalue weighted by Crippen LogP contribution is 2.11. The Morgan fingerprint density at radius 3 is 1.60 bits per heavy atom. The maximum Gasteiger partial charge on any atom is 0.219 e. The molecule has 0 atom stereocenters. The van der Waals surface area contributed by atoms with Crippen LogP contribution in [-0.4, -0.2) is 30.8 Å². The van der Waals surface area contributed by atoms with Gasteiger partial charge in [-0.05, 0) is 13.8 Å². The van der Waals surface area contributed by atoms with Gasteiger partial charge >= 0.3 is 0 Å². The quantitative estimate of drug-likeness (QED) is 0.536. The van der Waals surface area contributed by atoms with Crippen LogP contribution in [-0.2, 0) is 19.1 Å². The molecule has 0 fully saturated rings. The first kappa shape index (κ1) is 13.9. The average Bonchev–Trinajstić information content (AvgIpc) is 2.01. The molecule has 15 heavy (non-hydrogen) atoms. The fourth-order valence-electron chi connectivity index (χ4n) is 0.836. The van der Waals surface area contributed by atoms with Gasteiger partial charge in [0.25, 0.3) is 0 Å². The van der Waals surface area contributed by atoms with Crippen LogP contribution in [0.25, 0.3) is 0 Å². The first-order chi connectivity index (χ1) is 6.83. The van der Waals surface area contributed by atoms with Gasteiger partial charge in [-0.2, -0.15) is 0 Å². The fourth-order valence-corrected chi connectivity index (χ4v) is 0.836. The molecule has 0 saturated carbocycles. The molecule has 0 heterocycles. The third kappa shape index (κ3) is 9.17. The van der Waals surface area contributed by atoms with E-state index in [-0.39, 0.29) is 26.1 Å². The van der Waals surface area contributed by atoms with Crippen LogP contribution in [0, 0.1) is 0 Å². The lowest BCUT2D eigenvalue weighted by Gasteiger charge is -2.25. The number of ether oxygens (including phenoxy) is 2. The third-order valence-corrected chi connectivity index (χ3v) is 1.60. The van der Waals surface area contributed by atoms with Crippen LogP contribution in [0.15, 0.2) is 0 Å². The normalized spacial score (nSPS) is 11.3. The van der Waals surface area contributed by atoms with Crippen molar-refractivity contribution in [1.82, 2.24) is 0 Å². The Labute approximate surface area is 88.9 Å². The van der Waals surface area contributed by atoms with E-state index in [1.807, 2.05) is 0 Å². The van der Waals surface area contributed by atoms with E-state index in [1.54, 1.807) is 13.8 Å². The fraction of sp³-hybridized carbons (Fsp3) is 0.778. The molecule has 0 rings (SSSR count). The molecule has 0 bridgehead atoms. The molecular weight excluding hydrogens is 200 g/mol. The number of primary amides is 2. The molecule has 0 saturated heterocycles. The number of rotatable bonds is 8. The zero-order valence-corrected chi connectivity index (χ0v) is 9.12. The summed E-state index contributed by atoms with van der Waals surface area (Å²) >= 11 is 0. The minimum absolute atomic E-state index is 0.141. The van der Waals surface area contributed by atoms with E-state index >= 15 is 0 Å². The summed E-state index contributed by atoms with van der Waals surface area (Å²) in [4.78, 5) is 20.9. The van der Waals surface area contributed by atoms with Gasteiger partial charge in [-0.1, -0.05) is 0 Å². The van der Waals surface area contributed by atoms with Gasteiger partial charge in [0.1, 0.15) is 0 Å². The smallest absolute Gasteiger partial charge is 0.219 e. The molecule has 0 radical (unpaired) electrons. The van der Waals surface area contributed by atoms with Crippen molar-refractivity contribution in [2.24, 2.45) is 11.5 Å². The van der Waals surface area contributed by atoms with Gasteiger partial charge < -0.3 is 20.9 Å². The van der Waals surface area contributed by atoms with Gasteiger partial charge in [-0.15, -0.1) is 0 Å². The Morgan fingerprint density at radius 2 is 1.33 bits per heavy atom. The minimum Gasteiger partial charge on any atom is -0.370 e. The zero-order valence-electron chi connectivity index (χ0n) is 9.12. The topological polar surface area (TPSA) is 105 Å². The molecule has 0 aromatic rings. The first-order valence-corrected chi connectivity index (χ1v) is 4.68. The molecule has 0 aliphatic heterocycles. The molecule has 0 unspecified atom stereocenters. The summed E-state index contributed by atoms with van der Waals surface area (Å²) < 4.78 is 10.5. The van der Waals surface area contributed by atoms with E-state index in [0.29, 0.717) is 0 Å². The molecule has 0 aliphatic carbocycles. The van der Waals surface area contributed by atoms with E-state index in [0.717, 1.165) is 0 Å². The number of hydrogen-bond acceptors (Lipinski definition) is 4.